The minimum atomic E-state index is -0.267. The summed E-state index contributed by atoms with van der Waals surface area (Å²) < 4.78 is 5.96. The van der Waals surface area contributed by atoms with E-state index in [0.29, 0.717) is 18.2 Å². The average molecular weight is 346 g/mol. The van der Waals surface area contributed by atoms with E-state index >= 15 is 0 Å². The van der Waals surface area contributed by atoms with Crippen LogP contribution in [-0.4, -0.2) is 40.0 Å². The van der Waals surface area contributed by atoms with E-state index in [9.17, 15) is 0 Å². The van der Waals surface area contributed by atoms with Crippen molar-refractivity contribution in [2.24, 2.45) is 0 Å². The van der Waals surface area contributed by atoms with E-state index in [-0.39, 0.29) is 24.0 Å². The van der Waals surface area contributed by atoms with E-state index in [1.807, 2.05) is 24.3 Å². The lowest BCUT2D eigenvalue weighted by molar-refractivity contribution is -0.347. The second-order valence-electron chi connectivity index (χ2n) is 5.83. The van der Waals surface area contributed by atoms with Crippen molar-refractivity contribution in [2.45, 2.75) is 26.1 Å². The minimum absolute atomic E-state index is 0.0962. The summed E-state index contributed by atoms with van der Waals surface area (Å²) in [6.45, 7) is 4.59. The van der Waals surface area contributed by atoms with Gasteiger partial charge < -0.3 is 16.2 Å². The van der Waals surface area contributed by atoms with Crippen LogP contribution < -0.4 is 16.2 Å². The van der Waals surface area contributed by atoms with Gasteiger partial charge in [-0.3, -0.25) is 14.6 Å². The zero-order valence-electron chi connectivity index (χ0n) is 14.4. The largest absolute Gasteiger partial charge is 0.451 e. The Morgan fingerprint density at radius 2 is 2.00 bits per heavy atom. The molecule has 1 aromatic carbocycles. The quantitative estimate of drug-likeness (QED) is 0.838. The van der Waals surface area contributed by atoms with Crippen LogP contribution in [0.3, 0.4) is 0 Å². The lowest BCUT2D eigenvalue weighted by Gasteiger charge is -2.29. The Hall–Kier alpha value is -2.46. The first kappa shape index (κ1) is 17.4. The zero-order valence-corrected chi connectivity index (χ0v) is 14.4. The van der Waals surface area contributed by atoms with Gasteiger partial charge in [-0.1, -0.05) is 18.2 Å². The molecule has 1 atom stereocenters. The first-order valence-electron chi connectivity index (χ1n) is 7.88. The number of rotatable bonds is 5. The topological polar surface area (TPSA) is 112 Å². The van der Waals surface area contributed by atoms with Crippen LogP contribution in [0.15, 0.2) is 30.5 Å². The second-order valence-corrected chi connectivity index (χ2v) is 5.83. The zero-order chi connectivity index (χ0) is 18.0. The van der Waals surface area contributed by atoms with Crippen molar-refractivity contribution in [1.29, 1.82) is 0 Å². The Kier molecular flexibility index (Phi) is 5.00. The van der Waals surface area contributed by atoms with Crippen molar-refractivity contribution in [3.8, 4) is 11.5 Å². The average Bonchev–Trinajstić information content (AvgIpc) is 3.02. The van der Waals surface area contributed by atoms with Crippen LogP contribution >= 0.6 is 0 Å². The molecule has 1 unspecified atom stereocenters. The van der Waals surface area contributed by atoms with E-state index in [0.717, 1.165) is 5.56 Å². The van der Waals surface area contributed by atoms with Crippen molar-refractivity contribution < 1.29 is 14.4 Å². The van der Waals surface area contributed by atoms with Gasteiger partial charge in [0.25, 0.3) is 0 Å². The predicted molar refractivity (Wildman–Crippen MR) is 91.9 cm³/mol. The van der Waals surface area contributed by atoms with Gasteiger partial charge in [0.15, 0.2) is 11.6 Å². The lowest BCUT2D eigenvalue weighted by atomic mass is 10.1. The number of anilines is 2. The maximum absolute atomic E-state index is 5.96. The van der Waals surface area contributed by atoms with Gasteiger partial charge >= 0.3 is 0 Å². The fraction of sp³-hybridized carbons (Fsp3) is 0.375. The van der Waals surface area contributed by atoms with Crippen LogP contribution in [-0.2, 0) is 9.68 Å². The SMILES string of the molecule is CON1OCN(C(C)C)C1c1ccccc1Oc1cnc(N)nc1N. The first-order valence-corrected chi connectivity index (χ1v) is 7.88. The Bertz CT molecular complexity index is 742. The Balaban J connectivity index is 1.97. The summed E-state index contributed by atoms with van der Waals surface area (Å²) in [5.74, 6) is 1.21. The number of nitrogens with two attached hydrogens (primary N) is 2. The van der Waals surface area contributed by atoms with Crippen LogP contribution in [0.1, 0.15) is 25.6 Å². The van der Waals surface area contributed by atoms with Gasteiger partial charge in [-0.15, -0.1) is 0 Å². The third-order valence-corrected chi connectivity index (χ3v) is 3.91. The number of benzene rings is 1. The van der Waals surface area contributed by atoms with Gasteiger partial charge in [-0.25, -0.2) is 4.98 Å². The van der Waals surface area contributed by atoms with Gasteiger partial charge in [0.05, 0.1) is 13.3 Å². The normalized spacial score (nSPS) is 18.8. The fourth-order valence-electron chi connectivity index (χ4n) is 2.64. The van der Waals surface area contributed by atoms with E-state index in [1.54, 1.807) is 7.11 Å². The molecule has 9 nitrogen and oxygen atoms in total. The molecule has 0 saturated carbocycles. The highest BCUT2D eigenvalue weighted by Crippen LogP contribution is 2.39. The molecule has 2 heterocycles. The van der Waals surface area contributed by atoms with Gasteiger partial charge in [-0.05, 0) is 25.1 Å². The van der Waals surface area contributed by atoms with Crippen molar-refractivity contribution in [3.63, 3.8) is 0 Å². The molecule has 25 heavy (non-hydrogen) atoms. The molecule has 9 heteroatoms. The van der Waals surface area contributed by atoms with E-state index in [2.05, 4.69) is 28.7 Å². The van der Waals surface area contributed by atoms with Gasteiger partial charge in [0, 0.05) is 11.6 Å². The molecule has 1 aliphatic rings. The summed E-state index contributed by atoms with van der Waals surface area (Å²) in [6.07, 6.45) is 1.19. The molecule has 0 aliphatic carbocycles. The van der Waals surface area contributed by atoms with Gasteiger partial charge in [-0.2, -0.15) is 4.98 Å². The Morgan fingerprint density at radius 1 is 1.24 bits per heavy atom. The third kappa shape index (κ3) is 3.49. The summed E-state index contributed by atoms with van der Waals surface area (Å²) in [7, 11) is 1.56. The second kappa shape index (κ2) is 7.19. The van der Waals surface area contributed by atoms with Crippen molar-refractivity contribution in [3.05, 3.63) is 36.0 Å². The molecule has 0 amide bonds. The molecule has 0 radical (unpaired) electrons. The minimum Gasteiger partial charge on any atom is -0.451 e. The molecule has 0 spiro atoms. The fourth-order valence-corrected chi connectivity index (χ4v) is 2.64. The van der Waals surface area contributed by atoms with E-state index < -0.39 is 0 Å². The molecular formula is C16H22N6O3. The molecule has 134 valence electrons. The van der Waals surface area contributed by atoms with Crippen molar-refractivity contribution >= 4 is 11.8 Å². The number of nitrogens with zero attached hydrogens (tertiary/aromatic N) is 4. The summed E-state index contributed by atoms with van der Waals surface area (Å²) in [5.41, 5.74) is 12.3. The third-order valence-electron chi connectivity index (χ3n) is 3.91. The molecule has 1 fully saturated rings. The highest BCUT2D eigenvalue weighted by molar-refractivity contribution is 5.50. The Morgan fingerprint density at radius 3 is 2.68 bits per heavy atom. The van der Waals surface area contributed by atoms with Crippen LogP contribution in [0.4, 0.5) is 11.8 Å². The van der Waals surface area contributed by atoms with Crippen molar-refractivity contribution in [2.75, 3.05) is 25.3 Å². The van der Waals surface area contributed by atoms with Gasteiger partial charge in [0.2, 0.25) is 5.95 Å². The highest BCUT2D eigenvalue weighted by atomic mass is 17.0. The first-order chi connectivity index (χ1) is 12.0. The highest BCUT2D eigenvalue weighted by Gasteiger charge is 2.38. The van der Waals surface area contributed by atoms with Gasteiger partial charge in [0.1, 0.15) is 18.6 Å². The number of hydrogen-bond acceptors (Lipinski definition) is 9. The van der Waals surface area contributed by atoms with E-state index in [4.69, 9.17) is 25.9 Å². The number of ether oxygens (including phenoxy) is 1. The molecule has 1 saturated heterocycles. The van der Waals surface area contributed by atoms with E-state index in [1.165, 1.54) is 11.4 Å². The molecule has 3 rings (SSSR count). The smallest absolute Gasteiger partial charge is 0.222 e. The number of aromatic nitrogens is 2. The Labute approximate surface area is 146 Å². The molecule has 0 bridgehead atoms. The molecule has 2 aromatic rings. The summed E-state index contributed by atoms with van der Waals surface area (Å²) in [4.78, 5) is 20.9. The number of hydrogen-bond donors (Lipinski definition) is 2. The predicted octanol–water partition coefficient (Wildman–Crippen LogP) is 1.91. The number of nitrogen functional groups attached to an aromatic ring is 2. The summed E-state index contributed by atoms with van der Waals surface area (Å²) in [6, 6.07) is 7.83. The molecular weight excluding hydrogens is 324 g/mol. The molecule has 1 aliphatic heterocycles. The summed E-state index contributed by atoms with van der Waals surface area (Å²) in [5, 5.41) is 1.45. The summed E-state index contributed by atoms with van der Waals surface area (Å²) >= 11 is 0. The lowest BCUT2D eigenvalue weighted by Crippen LogP contribution is -2.35. The maximum Gasteiger partial charge on any atom is 0.222 e. The van der Waals surface area contributed by atoms with Crippen LogP contribution in [0.25, 0.3) is 0 Å². The van der Waals surface area contributed by atoms with Crippen LogP contribution in [0.5, 0.6) is 11.5 Å². The van der Waals surface area contributed by atoms with Crippen LogP contribution in [0, 0.1) is 0 Å². The van der Waals surface area contributed by atoms with Crippen molar-refractivity contribution in [1.82, 2.24) is 20.1 Å². The monoisotopic (exact) mass is 346 g/mol. The molecule has 4 N–H and O–H groups in total. The maximum atomic E-state index is 5.96. The standard InChI is InChI=1S/C16H22N6O3/c1-10(2)21-9-24-22(23-3)15(21)11-6-4-5-7-12(11)25-13-8-19-16(18)20-14(13)17/h4-8,10,15H,9H2,1-3H3,(H4,17,18,19,20). The number of hydroxylamine groups is 2. The number of para-hydroxylation sites is 1. The molecule has 1 aromatic heterocycles. The van der Waals surface area contributed by atoms with Crippen LogP contribution in [0.2, 0.25) is 0 Å².